The van der Waals surface area contributed by atoms with Crippen LogP contribution in [0, 0.1) is 11.7 Å². The lowest BCUT2D eigenvalue weighted by atomic mass is 9.92. The van der Waals surface area contributed by atoms with Crippen LogP contribution in [0.25, 0.3) is 0 Å². The third kappa shape index (κ3) is 6.01. The van der Waals surface area contributed by atoms with Crippen molar-refractivity contribution in [3.63, 3.8) is 0 Å². The minimum Gasteiger partial charge on any atom is -0.352 e. The molecule has 0 saturated carbocycles. The van der Waals surface area contributed by atoms with Crippen molar-refractivity contribution in [1.29, 1.82) is 0 Å². The molecule has 2 aromatic rings. The number of hydrogen-bond acceptors (Lipinski definition) is 3. The van der Waals surface area contributed by atoms with Gasteiger partial charge in [-0.05, 0) is 67.7 Å². The molecule has 0 bridgehead atoms. The molecule has 2 unspecified atom stereocenters. The summed E-state index contributed by atoms with van der Waals surface area (Å²) in [6.07, 6.45) is 1.68. The molecule has 0 spiro atoms. The largest absolute Gasteiger partial charge is 0.352 e. The number of rotatable bonds is 7. The Morgan fingerprint density at radius 1 is 1.18 bits per heavy atom. The Bertz CT molecular complexity index is 846. The predicted molar refractivity (Wildman–Crippen MR) is 115 cm³/mol. The lowest BCUT2D eigenvalue weighted by Gasteiger charge is -2.24. The van der Waals surface area contributed by atoms with E-state index in [1.54, 1.807) is 12.1 Å². The molecule has 2 aromatic carbocycles. The van der Waals surface area contributed by atoms with Gasteiger partial charge in [-0.25, -0.2) is 4.39 Å². The highest BCUT2D eigenvalue weighted by molar-refractivity contribution is 8.00. The third-order valence-corrected chi connectivity index (χ3v) is 6.94. The lowest BCUT2D eigenvalue weighted by Crippen LogP contribution is -2.43. The Kier molecular flexibility index (Phi) is 7.89. The quantitative estimate of drug-likeness (QED) is 0.556. The molecule has 1 aliphatic rings. The topological polar surface area (TPSA) is 41.1 Å². The molecule has 2 N–H and O–H groups in total. The van der Waals surface area contributed by atoms with Crippen molar-refractivity contribution in [2.24, 2.45) is 5.92 Å². The molecular formula is C20H20Cl3FN2OS. The van der Waals surface area contributed by atoms with Gasteiger partial charge >= 0.3 is 0 Å². The Hall–Kier alpha value is -0.980. The maximum Gasteiger partial charge on any atom is 0.230 e. The summed E-state index contributed by atoms with van der Waals surface area (Å²) in [6.45, 7) is 1.81. The molecule has 0 aromatic heterocycles. The maximum absolute atomic E-state index is 13.2. The first kappa shape index (κ1) is 21.7. The molecule has 28 heavy (non-hydrogen) atoms. The van der Waals surface area contributed by atoms with Crippen LogP contribution in [0.4, 0.5) is 4.39 Å². The van der Waals surface area contributed by atoms with E-state index in [0.717, 1.165) is 25.1 Å². The first-order valence-electron chi connectivity index (χ1n) is 8.94. The summed E-state index contributed by atoms with van der Waals surface area (Å²) in [6, 6.07) is 9.72. The van der Waals surface area contributed by atoms with E-state index >= 15 is 0 Å². The van der Waals surface area contributed by atoms with Crippen LogP contribution in [0.5, 0.6) is 0 Å². The van der Waals surface area contributed by atoms with Crippen molar-refractivity contribution in [1.82, 2.24) is 10.6 Å². The highest BCUT2D eigenvalue weighted by atomic mass is 35.5. The van der Waals surface area contributed by atoms with Gasteiger partial charge < -0.3 is 10.6 Å². The number of benzene rings is 2. The second kappa shape index (κ2) is 10.2. The van der Waals surface area contributed by atoms with Crippen molar-refractivity contribution < 1.29 is 9.18 Å². The average molecular weight is 462 g/mol. The van der Waals surface area contributed by atoms with Crippen molar-refractivity contribution in [3.8, 4) is 0 Å². The Morgan fingerprint density at radius 3 is 2.68 bits per heavy atom. The van der Waals surface area contributed by atoms with Gasteiger partial charge in [-0.2, -0.15) is 0 Å². The number of hydrogen-bond donors (Lipinski definition) is 2. The fraction of sp³-hybridized carbons (Fsp3) is 0.350. The average Bonchev–Trinajstić information content (AvgIpc) is 3.18. The monoisotopic (exact) mass is 460 g/mol. The molecule has 0 radical (unpaired) electrons. The number of carbonyl (C=O) groups is 1. The van der Waals surface area contributed by atoms with Crippen LogP contribution in [-0.2, 0) is 11.2 Å². The van der Waals surface area contributed by atoms with Crippen LogP contribution in [0.2, 0.25) is 15.1 Å². The van der Waals surface area contributed by atoms with Gasteiger partial charge in [0.1, 0.15) is 5.82 Å². The smallest absolute Gasteiger partial charge is 0.230 e. The molecule has 1 amide bonds. The van der Waals surface area contributed by atoms with Gasteiger partial charge in [0.25, 0.3) is 0 Å². The summed E-state index contributed by atoms with van der Waals surface area (Å²) in [5.41, 5.74) is 1.03. The number of thioether (sulfide) groups is 1. The third-order valence-electron chi connectivity index (χ3n) is 4.71. The zero-order valence-corrected chi connectivity index (χ0v) is 18.1. The van der Waals surface area contributed by atoms with Crippen LogP contribution in [-0.4, -0.2) is 30.8 Å². The fourth-order valence-corrected chi connectivity index (χ4v) is 4.64. The molecule has 1 fully saturated rings. The Labute approximate surface area is 183 Å². The van der Waals surface area contributed by atoms with Crippen molar-refractivity contribution in [2.75, 3.05) is 18.8 Å². The standard InChI is InChI=1S/C20H20Cl3FN2OS/c21-15-3-1-12(7-16(15)22)8-18(13-5-6-25-10-13)26-20(27)11-28-19-4-2-14(24)9-17(19)23/h1-4,7,9,13,18,25H,5-6,8,10-11H2,(H,26,27). The van der Waals surface area contributed by atoms with Crippen molar-refractivity contribution in [2.45, 2.75) is 23.8 Å². The van der Waals surface area contributed by atoms with Gasteiger partial charge in [0.05, 0.1) is 20.8 Å². The number of carbonyl (C=O) groups excluding carboxylic acids is 1. The molecule has 3 nitrogen and oxygen atoms in total. The predicted octanol–water partition coefficient (Wildman–Crippen LogP) is 5.22. The van der Waals surface area contributed by atoms with E-state index in [1.165, 1.54) is 23.9 Å². The van der Waals surface area contributed by atoms with Gasteiger partial charge in [0.15, 0.2) is 0 Å². The zero-order chi connectivity index (χ0) is 20.1. The van der Waals surface area contributed by atoms with Gasteiger partial charge in [-0.1, -0.05) is 40.9 Å². The second-order valence-corrected chi connectivity index (χ2v) is 8.98. The fourth-order valence-electron chi connectivity index (χ4n) is 3.26. The first-order chi connectivity index (χ1) is 13.4. The minimum atomic E-state index is -0.394. The summed E-state index contributed by atoms with van der Waals surface area (Å²) in [5.74, 6) is 0.0815. The molecule has 1 aliphatic heterocycles. The van der Waals surface area contributed by atoms with Crippen LogP contribution in [0.3, 0.4) is 0 Å². The van der Waals surface area contributed by atoms with Crippen molar-refractivity contribution >= 4 is 52.5 Å². The second-order valence-electron chi connectivity index (χ2n) is 6.74. The Balaban J connectivity index is 1.63. The SMILES string of the molecule is O=C(CSc1ccc(F)cc1Cl)NC(Cc1ccc(Cl)c(Cl)c1)C1CCNC1. The van der Waals surface area contributed by atoms with E-state index in [1.807, 2.05) is 12.1 Å². The molecule has 3 rings (SSSR count). The molecule has 0 aliphatic carbocycles. The van der Waals surface area contributed by atoms with Gasteiger partial charge in [0.2, 0.25) is 5.91 Å². The minimum absolute atomic E-state index is 0.0102. The molecule has 1 heterocycles. The number of halogens is 4. The summed E-state index contributed by atoms with van der Waals surface area (Å²) in [5, 5.41) is 7.83. The van der Waals surface area contributed by atoms with E-state index < -0.39 is 5.82 Å². The van der Waals surface area contributed by atoms with Crippen LogP contribution in [0.1, 0.15) is 12.0 Å². The van der Waals surface area contributed by atoms with E-state index in [4.69, 9.17) is 34.8 Å². The number of amides is 1. The molecule has 8 heteroatoms. The lowest BCUT2D eigenvalue weighted by molar-refractivity contribution is -0.119. The van der Waals surface area contributed by atoms with Crippen LogP contribution >= 0.6 is 46.6 Å². The summed E-state index contributed by atoms with van der Waals surface area (Å²) in [7, 11) is 0. The van der Waals surface area contributed by atoms with Crippen LogP contribution in [0.15, 0.2) is 41.3 Å². The normalized spacial score (nSPS) is 17.5. The van der Waals surface area contributed by atoms with Crippen molar-refractivity contribution in [3.05, 3.63) is 62.8 Å². The van der Waals surface area contributed by atoms with Gasteiger partial charge in [-0.15, -0.1) is 11.8 Å². The van der Waals surface area contributed by atoms with Gasteiger partial charge in [0, 0.05) is 10.9 Å². The summed E-state index contributed by atoms with van der Waals surface area (Å²) in [4.78, 5) is 13.2. The first-order valence-corrected chi connectivity index (χ1v) is 11.1. The molecule has 2 atom stereocenters. The zero-order valence-electron chi connectivity index (χ0n) is 15.0. The number of nitrogens with one attached hydrogen (secondary N) is 2. The highest BCUT2D eigenvalue weighted by Crippen LogP contribution is 2.28. The highest BCUT2D eigenvalue weighted by Gasteiger charge is 2.26. The Morgan fingerprint density at radius 2 is 2.00 bits per heavy atom. The summed E-state index contributed by atoms with van der Waals surface area (Å²) < 4.78 is 13.2. The summed E-state index contributed by atoms with van der Waals surface area (Å²) >= 11 is 19.5. The molecule has 150 valence electrons. The van der Waals surface area contributed by atoms with E-state index in [9.17, 15) is 9.18 Å². The van der Waals surface area contributed by atoms with Gasteiger partial charge in [-0.3, -0.25) is 4.79 Å². The maximum atomic E-state index is 13.2. The molecular weight excluding hydrogens is 442 g/mol. The van der Waals surface area contributed by atoms with E-state index in [0.29, 0.717) is 32.3 Å². The van der Waals surface area contributed by atoms with E-state index in [2.05, 4.69) is 10.6 Å². The van der Waals surface area contributed by atoms with E-state index in [-0.39, 0.29) is 17.7 Å². The molecule has 1 saturated heterocycles. The van der Waals surface area contributed by atoms with Crippen LogP contribution < -0.4 is 10.6 Å².